The molecule has 2 aromatic heterocycles. The summed E-state index contributed by atoms with van der Waals surface area (Å²) >= 11 is 0. The molecule has 0 spiro atoms. The molecule has 3 rings (SSSR count). The lowest BCUT2D eigenvalue weighted by atomic mass is 10.2. The molecule has 3 aromatic rings. The Hall–Kier alpha value is -3.03. The second-order valence-corrected chi connectivity index (χ2v) is 4.44. The van der Waals surface area contributed by atoms with Crippen molar-refractivity contribution >= 4 is 22.6 Å². The fourth-order valence-corrected chi connectivity index (χ4v) is 1.89. The number of hydrogen-bond donors (Lipinski definition) is 1. The summed E-state index contributed by atoms with van der Waals surface area (Å²) in [5, 5.41) is 10.1. The number of para-hydroxylation sites is 1. The molecule has 0 aliphatic rings. The quantitative estimate of drug-likeness (QED) is 0.760. The fourth-order valence-electron chi connectivity index (χ4n) is 1.89. The van der Waals surface area contributed by atoms with Crippen LogP contribution in [0.15, 0.2) is 40.0 Å². The van der Waals surface area contributed by atoms with E-state index in [9.17, 15) is 9.59 Å². The lowest BCUT2D eigenvalue weighted by molar-refractivity contribution is -0.116. The second kappa shape index (κ2) is 5.16. The van der Waals surface area contributed by atoms with E-state index >= 15 is 0 Å². The zero-order valence-electron chi connectivity index (χ0n) is 11.1. The molecule has 0 unspecified atom stereocenters. The summed E-state index contributed by atoms with van der Waals surface area (Å²) < 4.78 is 5.72. The van der Waals surface area contributed by atoms with Crippen LogP contribution in [0, 0.1) is 6.92 Å². The Morgan fingerprint density at radius 3 is 2.90 bits per heavy atom. The summed E-state index contributed by atoms with van der Waals surface area (Å²) in [7, 11) is 0. The maximum Gasteiger partial charge on any atom is 0.261 e. The molecule has 0 saturated carbocycles. The molecule has 0 fully saturated rings. The molecule has 0 atom stereocenters. The highest BCUT2D eigenvalue weighted by Gasteiger charge is 2.11. The Bertz CT molecular complexity index is 867. The van der Waals surface area contributed by atoms with Gasteiger partial charge in [-0.25, -0.2) is 9.61 Å². The number of nitrogens with one attached hydrogen (secondary N) is 1. The van der Waals surface area contributed by atoms with Crippen LogP contribution in [0.25, 0.3) is 10.9 Å². The smallest absolute Gasteiger partial charge is 0.261 e. The van der Waals surface area contributed by atoms with Crippen molar-refractivity contribution in [1.29, 1.82) is 0 Å². The first-order valence-electron chi connectivity index (χ1n) is 6.18. The average molecular weight is 285 g/mol. The van der Waals surface area contributed by atoms with Crippen molar-refractivity contribution in [3.05, 3.63) is 46.6 Å². The van der Waals surface area contributed by atoms with E-state index in [0.29, 0.717) is 16.6 Å². The molecule has 0 radical (unpaired) electrons. The van der Waals surface area contributed by atoms with Crippen molar-refractivity contribution in [3.63, 3.8) is 0 Å². The normalized spacial score (nSPS) is 10.7. The molecule has 0 bridgehead atoms. The number of hydrogen-bond acceptors (Lipinski definition) is 6. The van der Waals surface area contributed by atoms with Crippen LogP contribution in [0.1, 0.15) is 5.69 Å². The minimum absolute atomic E-state index is 0.164. The molecule has 106 valence electrons. The number of anilines is 1. The van der Waals surface area contributed by atoms with Gasteiger partial charge in [-0.3, -0.25) is 14.2 Å². The Morgan fingerprint density at radius 2 is 2.14 bits per heavy atom. The summed E-state index contributed by atoms with van der Waals surface area (Å²) in [5.41, 5.74) is 0.786. The van der Waals surface area contributed by atoms with Gasteiger partial charge in [-0.2, -0.15) is 0 Å². The van der Waals surface area contributed by atoms with Crippen LogP contribution in [0.5, 0.6) is 0 Å². The van der Waals surface area contributed by atoms with Gasteiger partial charge >= 0.3 is 0 Å². The first-order valence-corrected chi connectivity index (χ1v) is 6.18. The number of nitrogens with zero attached hydrogens (tertiary/aromatic N) is 4. The van der Waals surface area contributed by atoms with Crippen molar-refractivity contribution in [2.75, 3.05) is 5.32 Å². The van der Waals surface area contributed by atoms with Gasteiger partial charge in [0.05, 0.1) is 17.2 Å². The minimum atomic E-state index is -0.409. The molecule has 8 nitrogen and oxygen atoms in total. The number of benzene rings is 1. The lowest BCUT2D eigenvalue weighted by Crippen LogP contribution is -2.28. The number of aryl methyl sites for hydroxylation is 1. The Labute approximate surface area is 118 Å². The van der Waals surface area contributed by atoms with E-state index in [1.165, 1.54) is 10.9 Å². The van der Waals surface area contributed by atoms with Crippen molar-refractivity contribution in [3.8, 4) is 0 Å². The molecule has 1 aromatic carbocycles. The molecule has 1 N–H and O–H groups in total. The van der Waals surface area contributed by atoms with Gasteiger partial charge < -0.3 is 5.32 Å². The van der Waals surface area contributed by atoms with Crippen LogP contribution < -0.4 is 10.9 Å². The third-order valence-electron chi connectivity index (χ3n) is 2.96. The number of carbonyl (C=O) groups excluding carboxylic acids is 1. The standard InChI is InChI=1S/C13H11N5O3/c1-8-12(17-21-16-8)15-11(19)6-18-7-14-10-5-3-2-4-9(10)13(18)20/h2-5,7H,6H2,1H3,(H,15,17,19). The predicted octanol–water partition coefficient (Wildman–Crippen LogP) is 0.727. The van der Waals surface area contributed by atoms with Crippen LogP contribution in [0.3, 0.4) is 0 Å². The van der Waals surface area contributed by atoms with Gasteiger partial charge in [0.1, 0.15) is 12.2 Å². The van der Waals surface area contributed by atoms with Gasteiger partial charge in [-0.15, -0.1) is 0 Å². The van der Waals surface area contributed by atoms with Crippen molar-refractivity contribution in [2.24, 2.45) is 0 Å². The van der Waals surface area contributed by atoms with Crippen LogP contribution in [0.2, 0.25) is 0 Å². The van der Waals surface area contributed by atoms with Gasteiger partial charge in [0, 0.05) is 0 Å². The van der Waals surface area contributed by atoms with E-state index in [4.69, 9.17) is 0 Å². The molecule has 0 aliphatic carbocycles. The highest BCUT2D eigenvalue weighted by Crippen LogP contribution is 2.07. The predicted molar refractivity (Wildman–Crippen MR) is 73.7 cm³/mol. The highest BCUT2D eigenvalue weighted by molar-refractivity contribution is 5.90. The highest BCUT2D eigenvalue weighted by atomic mass is 16.6. The molecule has 8 heteroatoms. The van der Waals surface area contributed by atoms with Crippen LogP contribution >= 0.6 is 0 Å². The third kappa shape index (κ3) is 2.50. The number of amides is 1. The molecule has 1 amide bonds. The van der Waals surface area contributed by atoms with Gasteiger partial charge in [0.25, 0.3) is 5.56 Å². The second-order valence-electron chi connectivity index (χ2n) is 4.44. The van der Waals surface area contributed by atoms with Crippen LogP contribution in [-0.4, -0.2) is 25.8 Å². The summed E-state index contributed by atoms with van der Waals surface area (Å²) in [6.45, 7) is 1.48. The Kier molecular flexibility index (Phi) is 3.19. The molecule has 0 aliphatic heterocycles. The number of fused-ring (bicyclic) bond motifs is 1. The minimum Gasteiger partial charge on any atom is -0.305 e. The van der Waals surface area contributed by atoms with E-state index in [2.05, 4.69) is 25.2 Å². The Morgan fingerprint density at radius 1 is 1.33 bits per heavy atom. The van der Waals surface area contributed by atoms with Gasteiger partial charge in [-0.05, 0) is 24.2 Å². The van der Waals surface area contributed by atoms with Crippen LogP contribution in [-0.2, 0) is 11.3 Å². The molecule has 2 heterocycles. The number of rotatable bonds is 3. The molecular weight excluding hydrogens is 274 g/mol. The van der Waals surface area contributed by atoms with E-state index in [1.807, 2.05) is 0 Å². The van der Waals surface area contributed by atoms with Gasteiger partial charge in [0.15, 0.2) is 5.82 Å². The van der Waals surface area contributed by atoms with E-state index in [0.717, 1.165) is 0 Å². The van der Waals surface area contributed by atoms with E-state index < -0.39 is 5.91 Å². The summed E-state index contributed by atoms with van der Waals surface area (Å²) in [5.74, 6) is -0.172. The molecule has 0 saturated heterocycles. The summed E-state index contributed by atoms with van der Waals surface area (Å²) in [6.07, 6.45) is 1.35. The Balaban J connectivity index is 1.85. The molecule has 21 heavy (non-hydrogen) atoms. The number of carbonyl (C=O) groups is 1. The first-order chi connectivity index (χ1) is 10.1. The van der Waals surface area contributed by atoms with Crippen molar-refractivity contribution in [2.45, 2.75) is 13.5 Å². The zero-order chi connectivity index (χ0) is 14.8. The summed E-state index contributed by atoms with van der Waals surface area (Å²) in [6, 6.07) is 6.96. The largest absolute Gasteiger partial charge is 0.305 e. The van der Waals surface area contributed by atoms with Gasteiger partial charge in [-0.1, -0.05) is 17.3 Å². The van der Waals surface area contributed by atoms with E-state index in [-0.39, 0.29) is 17.9 Å². The maximum atomic E-state index is 12.2. The third-order valence-corrected chi connectivity index (χ3v) is 2.96. The van der Waals surface area contributed by atoms with E-state index in [1.54, 1.807) is 31.2 Å². The zero-order valence-corrected chi connectivity index (χ0v) is 11.1. The van der Waals surface area contributed by atoms with Crippen LogP contribution in [0.4, 0.5) is 5.82 Å². The SMILES string of the molecule is Cc1nonc1NC(=O)Cn1cnc2ccccc2c1=O. The van der Waals surface area contributed by atoms with Gasteiger partial charge in [0.2, 0.25) is 5.91 Å². The monoisotopic (exact) mass is 285 g/mol. The molecular formula is C13H11N5O3. The van der Waals surface area contributed by atoms with Crippen molar-refractivity contribution < 1.29 is 9.42 Å². The fraction of sp³-hybridized carbons (Fsp3) is 0.154. The average Bonchev–Trinajstić information content (AvgIpc) is 2.87. The first kappa shape index (κ1) is 13.0. The topological polar surface area (TPSA) is 103 Å². The maximum absolute atomic E-state index is 12.2. The van der Waals surface area contributed by atoms with Crippen molar-refractivity contribution in [1.82, 2.24) is 19.9 Å². The lowest BCUT2D eigenvalue weighted by Gasteiger charge is -2.06. The summed E-state index contributed by atoms with van der Waals surface area (Å²) in [4.78, 5) is 28.3. The number of aromatic nitrogens is 4.